The van der Waals surface area contributed by atoms with Gasteiger partial charge >= 0.3 is 11.9 Å². The van der Waals surface area contributed by atoms with Crippen LogP contribution in [-0.2, 0) is 14.3 Å². The molecule has 6 nitrogen and oxygen atoms in total. The van der Waals surface area contributed by atoms with Gasteiger partial charge in [-0.15, -0.1) is 0 Å². The molecule has 1 aliphatic rings. The highest BCUT2D eigenvalue weighted by Crippen LogP contribution is 2.30. The van der Waals surface area contributed by atoms with Gasteiger partial charge in [0.15, 0.2) is 17.2 Å². The Morgan fingerprint density at radius 3 is 2.54 bits per heavy atom. The molecule has 7 heteroatoms. The molecule has 0 saturated heterocycles. The van der Waals surface area contributed by atoms with Crippen LogP contribution in [0.4, 0.5) is 0 Å². The van der Waals surface area contributed by atoms with Crippen LogP contribution in [0.25, 0.3) is 6.08 Å². The van der Waals surface area contributed by atoms with E-state index >= 15 is 0 Å². The number of nitrogens with zero attached hydrogens (tertiary/aromatic N) is 1. The molecule has 0 aliphatic carbocycles. The van der Waals surface area contributed by atoms with E-state index in [9.17, 15) is 9.59 Å². The van der Waals surface area contributed by atoms with Crippen LogP contribution in [-0.4, -0.2) is 24.9 Å². The predicted octanol–water partition coefficient (Wildman–Crippen LogP) is 3.62. The van der Waals surface area contributed by atoms with E-state index in [2.05, 4.69) is 4.99 Å². The lowest BCUT2D eigenvalue weighted by atomic mass is 10.1. The molecule has 0 saturated carbocycles. The van der Waals surface area contributed by atoms with E-state index in [0.717, 1.165) is 0 Å². The van der Waals surface area contributed by atoms with Gasteiger partial charge in [0, 0.05) is 17.5 Å². The molecule has 132 valence electrons. The third kappa shape index (κ3) is 3.92. The summed E-state index contributed by atoms with van der Waals surface area (Å²) >= 11 is 5.85. The minimum atomic E-state index is -0.557. The molecule has 0 N–H and O–H groups in total. The first-order valence-corrected chi connectivity index (χ1v) is 7.99. The molecular formula is C19H14ClNO5. The van der Waals surface area contributed by atoms with E-state index in [4.69, 9.17) is 25.8 Å². The number of halogens is 1. The number of carbonyl (C=O) groups is 2. The normalized spacial score (nSPS) is 14.8. The lowest BCUT2D eigenvalue weighted by Gasteiger charge is -2.08. The summed E-state index contributed by atoms with van der Waals surface area (Å²) in [6, 6.07) is 11.7. The topological polar surface area (TPSA) is 74.2 Å². The maximum Gasteiger partial charge on any atom is 0.363 e. The number of benzene rings is 2. The Hall–Kier alpha value is -3.12. The molecule has 1 heterocycles. The van der Waals surface area contributed by atoms with Gasteiger partial charge in [-0.2, -0.15) is 0 Å². The summed E-state index contributed by atoms with van der Waals surface area (Å²) in [5.74, 6) is -0.144. The summed E-state index contributed by atoms with van der Waals surface area (Å²) in [4.78, 5) is 27.4. The van der Waals surface area contributed by atoms with Crippen molar-refractivity contribution in [3.8, 4) is 11.5 Å². The SMILES string of the molecule is COc1cc(C=C2N=C(c3ccc(Cl)cc3)OC2=O)ccc1OC(C)=O. The second kappa shape index (κ2) is 7.41. The van der Waals surface area contributed by atoms with E-state index in [0.29, 0.717) is 27.6 Å². The molecule has 0 fully saturated rings. The van der Waals surface area contributed by atoms with Crippen molar-refractivity contribution in [3.05, 3.63) is 64.3 Å². The Bertz CT molecular complexity index is 931. The van der Waals surface area contributed by atoms with Crippen molar-refractivity contribution in [2.75, 3.05) is 7.11 Å². The van der Waals surface area contributed by atoms with E-state index < -0.39 is 11.9 Å². The summed E-state index contributed by atoms with van der Waals surface area (Å²) in [6.45, 7) is 1.30. The fourth-order valence-electron chi connectivity index (χ4n) is 2.30. The predicted molar refractivity (Wildman–Crippen MR) is 96.4 cm³/mol. The average molecular weight is 372 g/mol. The maximum absolute atomic E-state index is 12.1. The Balaban J connectivity index is 1.90. The summed E-state index contributed by atoms with van der Waals surface area (Å²) in [6.07, 6.45) is 1.56. The molecule has 0 atom stereocenters. The zero-order chi connectivity index (χ0) is 18.7. The first-order valence-electron chi connectivity index (χ1n) is 7.61. The van der Waals surface area contributed by atoms with Gasteiger partial charge in [0.1, 0.15) is 0 Å². The molecule has 26 heavy (non-hydrogen) atoms. The molecule has 3 rings (SSSR count). The number of carbonyl (C=O) groups excluding carboxylic acids is 2. The van der Waals surface area contributed by atoms with Crippen molar-refractivity contribution < 1.29 is 23.8 Å². The number of aliphatic imine (C=N–C) groups is 1. The second-order valence-corrected chi connectivity index (χ2v) is 5.78. The summed E-state index contributed by atoms with van der Waals surface area (Å²) in [5.41, 5.74) is 1.44. The number of ether oxygens (including phenoxy) is 3. The quantitative estimate of drug-likeness (QED) is 0.466. The number of hydrogen-bond acceptors (Lipinski definition) is 6. The van der Waals surface area contributed by atoms with Crippen molar-refractivity contribution in [3.63, 3.8) is 0 Å². The molecule has 0 aromatic heterocycles. The van der Waals surface area contributed by atoms with Crippen molar-refractivity contribution >= 4 is 35.5 Å². The van der Waals surface area contributed by atoms with Crippen LogP contribution in [0.1, 0.15) is 18.1 Å². The number of cyclic esters (lactones) is 1. The molecule has 2 aromatic rings. The highest BCUT2D eigenvalue weighted by atomic mass is 35.5. The molecule has 2 aromatic carbocycles. The van der Waals surface area contributed by atoms with Crippen molar-refractivity contribution in [1.82, 2.24) is 0 Å². The Kier molecular flexibility index (Phi) is 5.04. The number of hydrogen-bond donors (Lipinski definition) is 0. The molecule has 0 unspecified atom stereocenters. The molecule has 0 amide bonds. The third-order valence-corrected chi connectivity index (χ3v) is 3.71. The Labute approximate surface area is 154 Å². The van der Waals surface area contributed by atoms with Gasteiger partial charge in [-0.3, -0.25) is 4.79 Å². The van der Waals surface area contributed by atoms with E-state index in [-0.39, 0.29) is 11.6 Å². The van der Waals surface area contributed by atoms with Crippen LogP contribution in [0.15, 0.2) is 53.2 Å². The van der Waals surface area contributed by atoms with Crippen LogP contribution in [0.5, 0.6) is 11.5 Å². The highest BCUT2D eigenvalue weighted by molar-refractivity contribution is 6.30. The van der Waals surface area contributed by atoms with Crippen molar-refractivity contribution in [2.24, 2.45) is 4.99 Å². The maximum atomic E-state index is 12.1. The third-order valence-electron chi connectivity index (χ3n) is 3.46. The van der Waals surface area contributed by atoms with Gasteiger partial charge in [-0.1, -0.05) is 17.7 Å². The monoisotopic (exact) mass is 371 g/mol. The largest absolute Gasteiger partial charge is 0.493 e. The first kappa shape index (κ1) is 17.7. The summed E-state index contributed by atoms with van der Waals surface area (Å²) in [7, 11) is 1.46. The molecule has 1 aliphatic heterocycles. The summed E-state index contributed by atoms with van der Waals surface area (Å²) < 4.78 is 15.5. The molecule has 0 radical (unpaired) electrons. The standard InChI is InChI=1S/C19H14ClNO5/c1-11(22)25-16-8-3-12(10-17(16)24-2)9-15-19(23)26-18(21-15)13-4-6-14(20)7-5-13/h3-10H,1-2H3. The van der Waals surface area contributed by atoms with Gasteiger partial charge in [0.25, 0.3) is 0 Å². The van der Waals surface area contributed by atoms with E-state index in [1.807, 2.05) is 0 Å². The second-order valence-electron chi connectivity index (χ2n) is 5.35. The van der Waals surface area contributed by atoms with Gasteiger partial charge in [0.05, 0.1) is 7.11 Å². The minimum Gasteiger partial charge on any atom is -0.493 e. The van der Waals surface area contributed by atoms with Gasteiger partial charge in [0.2, 0.25) is 5.90 Å². The van der Waals surface area contributed by atoms with Crippen LogP contribution in [0.3, 0.4) is 0 Å². The number of methoxy groups -OCH3 is 1. The van der Waals surface area contributed by atoms with Crippen LogP contribution in [0.2, 0.25) is 5.02 Å². The lowest BCUT2D eigenvalue weighted by molar-refractivity contribution is -0.132. The van der Waals surface area contributed by atoms with Crippen molar-refractivity contribution in [2.45, 2.75) is 6.92 Å². The van der Waals surface area contributed by atoms with Gasteiger partial charge in [-0.05, 0) is 48.0 Å². The molecule has 0 bridgehead atoms. The highest BCUT2D eigenvalue weighted by Gasteiger charge is 2.24. The minimum absolute atomic E-state index is 0.150. The fraction of sp³-hybridized carbons (Fsp3) is 0.105. The zero-order valence-corrected chi connectivity index (χ0v) is 14.7. The van der Waals surface area contributed by atoms with E-state index in [1.165, 1.54) is 14.0 Å². The molecular weight excluding hydrogens is 358 g/mol. The summed E-state index contributed by atoms with van der Waals surface area (Å²) in [5, 5.41) is 0.578. The molecule has 0 spiro atoms. The fourth-order valence-corrected chi connectivity index (χ4v) is 2.42. The van der Waals surface area contributed by atoms with Crippen LogP contribution in [0, 0.1) is 0 Å². The Morgan fingerprint density at radius 2 is 1.88 bits per heavy atom. The number of rotatable bonds is 4. The smallest absolute Gasteiger partial charge is 0.363 e. The lowest BCUT2D eigenvalue weighted by Crippen LogP contribution is -2.05. The van der Waals surface area contributed by atoms with Gasteiger partial charge < -0.3 is 14.2 Å². The average Bonchev–Trinajstić information content (AvgIpc) is 2.97. The number of esters is 2. The van der Waals surface area contributed by atoms with Crippen molar-refractivity contribution in [1.29, 1.82) is 0 Å². The zero-order valence-electron chi connectivity index (χ0n) is 14.0. The Morgan fingerprint density at radius 1 is 1.15 bits per heavy atom. The first-order chi connectivity index (χ1) is 12.5. The van der Waals surface area contributed by atoms with Crippen LogP contribution >= 0.6 is 11.6 Å². The van der Waals surface area contributed by atoms with Crippen LogP contribution < -0.4 is 9.47 Å². The van der Waals surface area contributed by atoms with Gasteiger partial charge in [-0.25, -0.2) is 9.79 Å². The van der Waals surface area contributed by atoms with E-state index in [1.54, 1.807) is 48.5 Å².